The lowest BCUT2D eigenvalue weighted by Gasteiger charge is -2.53. The van der Waals surface area contributed by atoms with Gasteiger partial charge in [-0.1, -0.05) is 18.2 Å². The third-order valence-corrected chi connectivity index (χ3v) is 6.01. The van der Waals surface area contributed by atoms with Gasteiger partial charge in [0, 0.05) is 22.9 Å². The number of ether oxygens (including phenoxy) is 2. The van der Waals surface area contributed by atoms with Crippen molar-refractivity contribution < 1.29 is 19.7 Å². The van der Waals surface area contributed by atoms with Gasteiger partial charge in [0.1, 0.15) is 18.8 Å². The summed E-state index contributed by atoms with van der Waals surface area (Å²) in [7, 11) is 0. The van der Waals surface area contributed by atoms with Crippen LogP contribution in [0.5, 0.6) is 11.5 Å². The van der Waals surface area contributed by atoms with Crippen LogP contribution in [0.1, 0.15) is 17.5 Å². The summed E-state index contributed by atoms with van der Waals surface area (Å²) in [6, 6.07) is 4.47. The van der Waals surface area contributed by atoms with Gasteiger partial charge in [-0.3, -0.25) is 0 Å². The molecule has 0 saturated carbocycles. The molecule has 0 unspecified atom stereocenters. The Bertz CT molecular complexity index is 688. The van der Waals surface area contributed by atoms with E-state index in [2.05, 4.69) is 17.5 Å². The van der Waals surface area contributed by atoms with E-state index >= 15 is 0 Å². The molecule has 1 aromatic carbocycles. The zero-order valence-corrected chi connectivity index (χ0v) is 12.9. The van der Waals surface area contributed by atoms with E-state index in [1.807, 2.05) is 12.1 Å². The van der Waals surface area contributed by atoms with Crippen molar-refractivity contribution in [3.8, 4) is 11.5 Å². The van der Waals surface area contributed by atoms with Gasteiger partial charge in [-0.15, -0.1) is 0 Å². The molecule has 1 fully saturated rings. The van der Waals surface area contributed by atoms with Crippen LogP contribution in [0.4, 0.5) is 0 Å². The Kier molecular flexibility index (Phi) is 2.84. The van der Waals surface area contributed by atoms with Gasteiger partial charge in [0.2, 0.25) is 0 Å². The highest BCUT2D eigenvalue weighted by Gasteiger charge is 2.63. The van der Waals surface area contributed by atoms with E-state index in [0.29, 0.717) is 17.7 Å². The second kappa shape index (κ2) is 4.72. The van der Waals surface area contributed by atoms with E-state index in [9.17, 15) is 5.11 Å². The summed E-state index contributed by atoms with van der Waals surface area (Å²) in [5.74, 6) is 1.82. The Balaban J connectivity index is 1.72. The van der Waals surface area contributed by atoms with Gasteiger partial charge in [0.25, 0.3) is 0 Å². The van der Waals surface area contributed by atoms with Crippen molar-refractivity contribution in [2.24, 2.45) is 5.92 Å². The topological polar surface area (TPSA) is 71.0 Å². The Morgan fingerprint density at radius 2 is 2.26 bits per heavy atom. The molecule has 5 atom stereocenters. The summed E-state index contributed by atoms with van der Waals surface area (Å²) < 4.78 is 12.0. The smallest absolute Gasteiger partial charge is 0.166 e. The fraction of sp³-hybridized carbons (Fsp3) is 0.556. The molecule has 2 aliphatic heterocycles. The number of nitrogens with one attached hydrogen (secondary N) is 1. The number of rotatable bonds is 3. The Morgan fingerprint density at radius 1 is 1.35 bits per heavy atom. The number of hydrogen-bond donors (Lipinski definition) is 3. The van der Waals surface area contributed by atoms with E-state index in [0.717, 1.165) is 25.1 Å². The van der Waals surface area contributed by atoms with Gasteiger partial charge < -0.3 is 25.0 Å². The van der Waals surface area contributed by atoms with Crippen LogP contribution in [-0.4, -0.2) is 48.2 Å². The Labute approximate surface area is 134 Å². The maximum atomic E-state index is 10.5. The van der Waals surface area contributed by atoms with E-state index in [1.165, 1.54) is 11.1 Å². The summed E-state index contributed by atoms with van der Waals surface area (Å²) in [6.45, 7) is 1.17. The molecule has 2 heterocycles. The maximum absolute atomic E-state index is 10.5. The molecule has 5 rings (SSSR count). The lowest BCUT2D eigenvalue weighted by Crippen LogP contribution is -2.64. The predicted molar refractivity (Wildman–Crippen MR) is 83.9 cm³/mol. The second-order valence-electron chi connectivity index (χ2n) is 6.99. The molecule has 0 amide bonds. The molecular formula is C18H21NO4. The molecule has 5 heteroatoms. The number of aliphatic hydroxyl groups excluding tert-OH is 2. The van der Waals surface area contributed by atoms with Crippen LogP contribution in [0.2, 0.25) is 0 Å². The van der Waals surface area contributed by atoms with Gasteiger partial charge in [0.15, 0.2) is 11.5 Å². The summed E-state index contributed by atoms with van der Waals surface area (Å²) in [6.07, 6.45) is 5.18. The minimum atomic E-state index is -0.589. The van der Waals surface area contributed by atoms with Crippen molar-refractivity contribution in [1.29, 1.82) is 0 Å². The van der Waals surface area contributed by atoms with Crippen molar-refractivity contribution in [2.75, 3.05) is 19.8 Å². The largest absolute Gasteiger partial charge is 0.487 e. The highest BCUT2D eigenvalue weighted by Crippen LogP contribution is 2.61. The fourth-order valence-electron chi connectivity index (χ4n) is 5.24. The van der Waals surface area contributed by atoms with Gasteiger partial charge in [-0.2, -0.15) is 0 Å². The number of aliphatic hydroxyl groups is 2. The molecule has 1 aromatic rings. The molecule has 122 valence electrons. The van der Waals surface area contributed by atoms with E-state index in [1.54, 1.807) is 0 Å². The lowest BCUT2D eigenvalue weighted by molar-refractivity contribution is -0.0179. The summed E-state index contributed by atoms with van der Waals surface area (Å²) in [5.41, 5.74) is 2.39. The van der Waals surface area contributed by atoms with Crippen molar-refractivity contribution >= 4 is 0 Å². The first-order valence-corrected chi connectivity index (χ1v) is 8.42. The number of hydrogen-bond acceptors (Lipinski definition) is 5. The Hall–Kier alpha value is -1.56. The van der Waals surface area contributed by atoms with Gasteiger partial charge in [0.05, 0.1) is 6.61 Å². The molecule has 4 aliphatic rings. The quantitative estimate of drug-likeness (QED) is 0.710. The summed E-state index contributed by atoms with van der Waals surface area (Å²) >= 11 is 0. The first-order valence-electron chi connectivity index (χ1n) is 8.42. The van der Waals surface area contributed by atoms with Crippen LogP contribution in [0.3, 0.4) is 0 Å². The maximum Gasteiger partial charge on any atom is 0.166 e. The molecule has 3 N–H and O–H groups in total. The summed E-state index contributed by atoms with van der Waals surface area (Å²) in [4.78, 5) is 0. The number of benzene rings is 1. The zero-order valence-electron chi connectivity index (χ0n) is 12.9. The van der Waals surface area contributed by atoms with E-state index < -0.39 is 6.10 Å². The van der Waals surface area contributed by atoms with E-state index in [4.69, 9.17) is 14.6 Å². The van der Waals surface area contributed by atoms with Crippen molar-refractivity contribution in [1.82, 2.24) is 5.32 Å². The van der Waals surface area contributed by atoms with E-state index in [-0.39, 0.29) is 24.7 Å². The third-order valence-electron chi connectivity index (χ3n) is 6.01. The molecule has 23 heavy (non-hydrogen) atoms. The first kappa shape index (κ1) is 13.8. The highest BCUT2D eigenvalue weighted by atomic mass is 16.5. The van der Waals surface area contributed by atoms with Crippen LogP contribution in [0, 0.1) is 5.92 Å². The highest BCUT2D eigenvalue weighted by molar-refractivity contribution is 5.62. The molecule has 2 aliphatic carbocycles. The minimum Gasteiger partial charge on any atom is -0.487 e. The second-order valence-corrected chi connectivity index (χ2v) is 6.99. The number of piperidine rings is 1. The normalized spacial score (nSPS) is 38.9. The average molecular weight is 315 g/mol. The fourth-order valence-corrected chi connectivity index (χ4v) is 5.24. The van der Waals surface area contributed by atoms with Crippen LogP contribution >= 0.6 is 0 Å². The Morgan fingerprint density at radius 3 is 3.13 bits per heavy atom. The minimum absolute atomic E-state index is 0.0239. The van der Waals surface area contributed by atoms with Crippen molar-refractivity contribution in [2.45, 2.75) is 36.5 Å². The molecule has 1 spiro atoms. The van der Waals surface area contributed by atoms with Crippen LogP contribution in [0.25, 0.3) is 0 Å². The molecular weight excluding hydrogens is 294 g/mol. The lowest BCUT2D eigenvalue weighted by atomic mass is 9.54. The van der Waals surface area contributed by atoms with Gasteiger partial charge in [-0.05, 0) is 31.0 Å². The zero-order chi connectivity index (χ0) is 15.6. The van der Waals surface area contributed by atoms with Crippen LogP contribution < -0.4 is 14.8 Å². The van der Waals surface area contributed by atoms with Crippen LogP contribution in [0.15, 0.2) is 24.3 Å². The third kappa shape index (κ3) is 1.62. The molecule has 2 bridgehead atoms. The molecule has 5 nitrogen and oxygen atoms in total. The van der Waals surface area contributed by atoms with Crippen molar-refractivity contribution in [3.05, 3.63) is 35.4 Å². The SMILES string of the molecule is OCCOc1ccc2c3c1O[C@H]1[C@@H](O)C=C[C@H]4[C@@H](C2)NCC[C@@]341. The monoisotopic (exact) mass is 315 g/mol. The predicted octanol–water partition coefficient (Wildman–Crippen LogP) is 0.521. The van der Waals surface area contributed by atoms with Crippen molar-refractivity contribution in [3.63, 3.8) is 0 Å². The summed E-state index contributed by atoms with van der Waals surface area (Å²) in [5, 5.41) is 23.2. The van der Waals surface area contributed by atoms with Gasteiger partial charge in [-0.25, -0.2) is 0 Å². The molecule has 1 saturated heterocycles. The van der Waals surface area contributed by atoms with Gasteiger partial charge >= 0.3 is 0 Å². The molecule has 0 radical (unpaired) electrons. The molecule has 0 aromatic heterocycles. The first-order chi connectivity index (χ1) is 11.3. The standard InChI is InChI=1S/C18H21NO4/c20-7-8-22-14-4-1-10-9-12-11-2-3-13(21)17-18(11,5-6-19-12)15(10)16(14)23-17/h1-4,11-13,17,19-21H,5-9H2/t11-,12+,13-,17-,18-/m0/s1. The average Bonchev–Trinajstić information content (AvgIpc) is 2.89. The van der Waals surface area contributed by atoms with Crippen LogP contribution in [-0.2, 0) is 11.8 Å².